The van der Waals surface area contributed by atoms with E-state index in [0.29, 0.717) is 0 Å². The third kappa shape index (κ3) is 3.17. The second-order valence-electron chi connectivity index (χ2n) is 6.35. The van der Waals surface area contributed by atoms with Gasteiger partial charge in [-0.1, -0.05) is 51.7 Å². The van der Waals surface area contributed by atoms with Gasteiger partial charge in [-0.15, -0.1) is 0 Å². The number of halogens is 2. The van der Waals surface area contributed by atoms with Gasteiger partial charge < -0.3 is 0 Å². The summed E-state index contributed by atoms with van der Waals surface area (Å²) in [5, 5.41) is 0. The molecule has 0 bridgehead atoms. The van der Waals surface area contributed by atoms with E-state index >= 15 is 0 Å². The molecular weight excluding hydrogens is 510 g/mol. The van der Waals surface area contributed by atoms with Gasteiger partial charge in [0.1, 0.15) is 7.40 Å². The van der Waals surface area contributed by atoms with Gasteiger partial charge >= 0.3 is 0 Å². The summed E-state index contributed by atoms with van der Waals surface area (Å²) < 4.78 is 2.10. The fourth-order valence-electron chi connectivity index (χ4n) is 3.77. The fraction of sp³-hybridized carbons (Fsp3) is 0.474. The van der Waals surface area contributed by atoms with E-state index in [2.05, 4.69) is 83.3 Å². The Morgan fingerprint density at radius 1 is 0.783 bits per heavy atom. The van der Waals surface area contributed by atoms with Crippen LogP contribution in [0.5, 0.6) is 0 Å². The lowest BCUT2D eigenvalue weighted by atomic mass is 9.71. The van der Waals surface area contributed by atoms with Crippen LogP contribution in [-0.2, 0) is 5.41 Å². The highest BCUT2D eigenvalue weighted by atomic mass is 127. The van der Waals surface area contributed by atoms with Crippen LogP contribution in [0.4, 0.5) is 0 Å². The van der Waals surface area contributed by atoms with Gasteiger partial charge in [0, 0.05) is 5.41 Å². The summed E-state index contributed by atoms with van der Waals surface area (Å²) in [6.45, 7) is 4.56. The van der Waals surface area contributed by atoms with Gasteiger partial charge in [-0.05, 0) is 81.3 Å². The van der Waals surface area contributed by atoms with Gasteiger partial charge in [-0.3, -0.25) is 0 Å². The molecule has 0 fully saturated rings. The Hall–Kier alpha value is -0.240. The van der Waals surface area contributed by atoms with E-state index in [9.17, 15) is 0 Å². The maximum atomic E-state index is 4.87. The first-order valence-corrected chi connectivity index (χ1v) is 10.6. The van der Waals surface area contributed by atoms with Crippen molar-refractivity contribution >= 4 is 45.2 Å². The van der Waals surface area contributed by atoms with Crippen LogP contribution in [0.2, 0.25) is 0 Å². The summed E-state index contributed by atoms with van der Waals surface area (Å²) in [5.41, 5.74) is 5.18. The number of nitrogens with zero attached hydrogens (tertiary/aromatic N) is 2. The van der Waals surface area contributed by atoms with Crippen molar-refractivity contribution < 1.29 is 0 Å². The fourth-order valence-corrected chi connectivity index (χ4v) is 4.61. The van der Waals surface area contributed by atoms with Crippen molar-refractivity contribution in [1.29, 1.82) is 0 Å². The van der Waals surface area contributed by atoms with E-state index < -0.39 is 0 Å². The van der Waals surface area contributed by atoms with Crippen molar-refractivity contribution in [2.24, 2.45) is 0 Å². The minimum absolute atomic E-state index is 0.116. The molecule has 3 rings (SSSR count). The lowest BCUT2D eigenvalue weighted by molar-refractivity contribution is 0.413. The third-order valence-corrected chi connectivity index (χ3v) is 6.09. The highest BCUT2D eigenvalue weighted by molar-refractivity contribution is 14.1. The van der Waals surface area contributed by atoms with Crippen LogP contribution in [0.25, 0.3) is 11.4 Å². The zero-order valence-corrected chi connectivity index (χ0v) is 18.0. The SMILES string of the molecule is CCCCC1(CCCC)c2ccc(I)nc2-c2nc(I)ccc21. The Kier molecular flexibility index (Phi) is 5.61. The Morgan fingerprint density at radius 2 is 1.22 bits per heavy atom. The quantitative estimate of drug-likeness (QED) is 0.321. The summed E-state index contributed by atoms with van der Waals surface area (Å²) in [6.07, 6.45) is 7.37. The van der Waals surface area contributed by atoms with Crippen LogP contribution in [0.3, 0.4) is 0 Å². The van der Waals surface area contributed by atoms with Crippen LogP contribution < -0.4 is 0 Å². The smallest absolute Gasteiger partial charge is 0.102 e. The second-order valence-corrected chi connectivity index (χ2v) is 8.56. The molecule has 0 N–H and O–H groups in total. The predicted octanol–water partition coefficient (Wildman–Crippen LogP) is 6.33. The number of hydrogen-bond donors (Lipinski definition) is 0. The average molecular weight is 532 g/mol. The molecule has 0 atom stereocenters. The molecular formula is C19H22I2N2. The average Bonchev–Trinajstić information content (AvgIpc) is 2.80. The number of aromatic nitrogens is 2. The minimum atomic E-state index is 0.116. The summed E-state index contributed by atoms with van der Waals surface area (Å²) in [6, 6.07) is 8.93. The molecule has 2 nitrogen and oxygen atoms in total. The van der Waals surface area contributed by atoms with E-state index in [-0.39, 0.29) is 5.41 Å². The first kappa shape index (κ1) is 17.6. The van der Waals surface area contributed by atoms with E-state index in [1.165, 1.54) is 49.7 Å². The summed E-state index contributed by atoms with van der Waals surface area (Å²) in [5.74, 6) is 0. The minimum Gasteiger partial charge on any atom is -0.240 e. The van der Waals surface area contributed by atoms with Gasteiger partial charge in [0.15, 0.2) is 0 Å². The van der Waals surface area contributed by atoms with E-state index in [1.54, 1.807) is 0 Å². The molecule has 0 spiro atoms. The topological polar surface area (TPSA) is 25.8 Å². The van der Waals surface area contributed by atoms with Crippen molar-refractivity contribution in [1.82, 2.24) is 9.97 Å². The Labute approximate surface area is 166 Å². The van der Waals surface area contributed by atoms with Gasteiger partial charge in [-0.2, -0.15) is 0 Å². The molecule has 0 aromatic carbocycles. The van der Waals surface area contributed by atoms with Crippen molar-refractivity contribution in [2.45, 2.75) is 57.8 Å². The lowest BCUT2D eigenvalue weighted by Gasteiger charge is -2.32. The van der Waals surface area contributed by atoms with Crippen LogP contribution >= 0.6 is 45.2 Å². The highest BCUT2D eigenvalue weighted by Crippen LogP contribution is 2.52. The van der Waals surface area contributed by atoms with E-state index in [4.69, 9.17) is 9.97 Å². The Bertz CT molecular complexity index is 651. The molecule has 1 aliphatic rings. The number of rotatable bonds is 6. The van der Waals surface area contributed by atoms with Gasteiger partial charge in [0.2, 0.25) is 0 Å². The molecule has 0 radical (unpaired) electrons. The molecule has 0 amide bonds. The first-order chi connectivity index (χ1) is 11.1. The first-order valence-electron chi connectivity index (χ1n) is 8.47. The van der Waals surface area contributed by atoms with Crippen LogP contribution in [0, 0.1) is 7.40 Å². The third-order valence-electron chi connectivity index (χ3n) is 4.89. The lowest BCUT2D eigenvalue weighted by Crippen LogP contribution is -2.25. The number of unbranched alkanes of at least 4 members (excludes halogenated alkanes) is 2. The number of fused-ring (bicyclic) bond motifs is 3. The Balaban J connectivity index is 2.22. The molecule has 2 aromatic heterocycles. The van der Waals surface area contributed by atoms with Crippen LogP contribution in [0.1, 0.15) is 63.5 Å². The van der Waals surface area contributed by atoms with Crippen molar-refractivity contribution in [3.63, 3.8) is 0 Å². The molecule has 0 saturated carbocycles. The molecule has 0 aliphatic heterocycles. The maximum absolute atomic E-state index is 4.87. The van der Waals surface area contributed by atoms with Gasteiger partial charge in [0.25, 0.3) is 0 Å². The van der Waals surface area contributed by atoms with Crippen molar-refractivity contribution in [2.75, 3.05) is 0 Å². The number of pyridine rings is 2. The molecule has 122 valence electrons. The largest absolute Gasteiger partial charge is 0.240 e. The Morgan fingerprint density at radius 3 is 1.61 bits per heavy atom. The summed E-state index contributed by atoms with van der Waals surface area (Å²) in [7, 11) is 0. The highest BCUT2D eigenvalue weighted by Gasteiger charge is 2.43. The second kappa shape index (κ2) is 7.33. The molecule has 1 aliphatic carbocycles. The maximum Gasteiger partial charge on any atom is 0.102 e. The van der Waals surface area contributed by atoms with Crippen LogP contribution in [-0.4, -0.2) is 9.97 Å². The normalized spacial score (nSPS) is 14.6. The van der Waals surface area contributed by atoms with E-state index in [1.807, 2.05) is 0 Å². The van der Waals surface area contributed by atoms with Crippen molar-refractivity contribution in [3.8, 4) is 11.4 Å². The standard InChI is InChI=1S/C19H22I2N2/c1-3-5-11-19(12-6-4-2)13-7-9-15(20)22-17(13)18-14(19)8-10-16(21)23-18/h7-10H,3-6,11-12H2,1-2H3. The predicted molar refractivity (Wildman–Crippen MR) is 113 cm³/mol. The summed E-state index contributed by atoms with van der Waals surface area (Å²) in [4.78, 5) is 9.74. The molecule has 23 heavy (non-hydrogen) atoms. The summed E-state index contributed by atoms with van der Waals surface area (Å²) >= 11 is 4.62. The monoisotopic (exact) mass is 532 g/mol. The van der Waals surface area contributed by atoms with Crippen molar-refractivity contribution in [3.05, 3.63) is 42.8 Å². The molecule has 2 aromatic rings. The van der Waals surface area contributed by atoms with E-state index in [0.717, 1.165) is 18.8 Å². The molecule has 4 heteroatoms. The van der Waals surface area contributed by atoms with Crippen LogP contribution in [0.15, 0.2) is 24.3 Å². The molecule has 0 unspecified atom stereocenters. The number of hydrogen-bond acceptors (Lipinski definition) is 2. The molecule has 0 saturated heterocycles. The van der Waals surface area contributed by atoms with Gasteiger partial charge in [-0.25, -0.2) is 9.97 Å². The zero-order valence-electron chi connectivity index (χ0n) is 13.7. The molecule has 2 heterocycles. The zero-order chi connectivity index (χ0) is 16.4. The van der Waals surface area contributed by atoms with Gasteiger partial charge in [0.05, 0.1) is 11.4 Å².